The second kappa shape index (κ2) is 6.25. The van der Waals surface area contributed by atoms with Crippen molar-refractivity contribution in [2.24, 2.45) is 0 Å². The predicted molar refractivity (Wildman–Crippen MR) is 78.8 cm³/mol. The van der Waals surface area contributed by atoms with Crippen LogP contribution in [-0.2, 0) is 11.3 Å². The van der Waals surface area contributed by atoms with Crippen LogP contribution < -0.4 is 11.1 Å². The van der Waals surface area contributed by atoms with Crippen LogP contribution in [0.2, 0.25) is 5.02 Å². The van der Waals surface area contributed by atoms with Crippen molar-refractivity contribution in [2.75, 3.05) is 18.2 Å². The number of hydrogen-bond acceptors (Lipinski definition) is 5. The third-order valence-electron chi connectivity index (χ3n) is 2.80. The molecule has 1 aromatic carbocycles. The molecule has 3 N–H and O–H groups in total. The van der Waals surface area contributed by atoms with Crippen LogP contribution >= 0.6 is 11.6 Å². The van der Waals surface area contributed by atoms with Gasteiger partial charge in [0.15, 0.2) is 0 Å². The van der Waals surface area contributed by atoms with E-state index in [4.69, 9.17) is 17.3 Å². The first-order chi connectivity index (χ1) is 9.63. The maximum Gasteiger partial charge on any atom is 0.340 e. The number of benzene rings is 1. The van der Waals surface area contributed by atoms with E-state index in [2.05, 4.69) is 15.0 Å². The lowest BCUT2D eigenvalue weighted by Crippen LogP contribution is -2.10. The second-order valence-corrected chi connectivity index (χ2v) is 4.46. The molecule has 0 aliphatic rings. The Morgan fingerprint density at radius 1 is 1.40 bits per heavy atom. The number of methoxy groups -OCH3 is 1. The molecule has 0 unspecified atom stereocenters. The number of pyridine rings is 1. The normalized spacial score (nSPS) is 10.1. The Labute approximate surface area is 121 Å². The number of esters is 1. The van der Waals surface area contributed by atoms with Crippen LogP contribution in [0.5, 0.6) is 0 Å². The number of nitrogens with two attached hydrogens (primary N) is 1. The molecule has 0 atom stereocenters. The lowest BCUT2D eigenvalue weighted by atomic mass is 10.2. The van der Waals surface area contributed by atoms with Crippen LogP contribution in [0.4, 0.5) is 11.5 Å². The van der Waals surface area contributed by atoms with Gasteiger partial charge >= 0.3 is 5.97 Å². The van der Waals surface area contributed by atoms with Crippen LogP contribution in [0.1, 0.15) is 15.9 Å². The van der Waals surface area contributed by atoms with Crippen LogP contribution in [-0.4, -0.2) is 18.1 Å². The number of nitrogens with one attached hydrogen (secondary N) is 1. The molecular formula is C14H14ClN3O2. The average Bonchev–Trinajstić information content (AvgIpc) is 2.47. The third-order valence-corrected chi connectivity index (χ3v) is 3.17. The zero-order valence-electron chi connectivity index (χ0n) is 10.9. The fourth-order valence-electron chi connectivity index (χ4n) is 1.72. The molecule has 0 aliphatic heterocycles. The van der Waals surface area contributed by atoms with Crippen LogP contribution in [0.15, 0.2) is 36.5 Å². The molecule has 0 amide bonds. The highest BCUT2D eigenvalue weighted by Gasteiger charge is 2.13. The summed E-state index contributed by atoms with van der Waals surface area (Å²) in [5.74, 6) is -0.0708. The Morgan fingerprint density at radius 3 is 2.85 bits per heavy atom. The monoisotopic (exact) mass is 291 g/mol. The van der Waals surface area contributed by atoms with E-state index in [0.717, 1.165) is 5.56 Å². The average molecular weight is 292 g/mol. The second-order valence-electron chi connectivity index (χ2n) is 4.06. The van der Waals surface area contributed by atoms with E-state index in [1.807, 2.05) is 18.2 Å². The van der Waals surface area contributed by atoms with Crippen LogP contribution in [0.3, 0.4) is 0 Å². The number of rotatable bonds is 4. The highest BCUT2D eigenvalue weighted by atomic mass is 35.5. The summed E-state index contributed by atoms with van der Waals surface area (Å²) in [4.78, 5) is 15.6. The van der Waals surface area contributed by atoms with Crippen molar-refractivity contribution in [3.8, 4) is 0 Å². The number of carbonyl (C=O) groups excluding carboxylic acids is 1. The number of nitrogens with zero attached hydrogens (tertiary/aromatic N) is 1. The van der Waals surface area contributed by atoms with Gasteiger partial charge in [0.2, 0.25) is 0 Å². The molecule has 0 fully saturated rings. The molecule has 0 aliphatic carbocycles. The molecular weight excluding hydrogens is 278 g/mol. The smallest absolute Gasteiger partial charge is 0.340 e. The van der Waals surface area contributed by atoms with Crippen molar-refractivity contribution in [3.05, 3.63) is 52.7 Å². The van der Waals surface area contributed by atoms with Crippen molar-refractivity contribution < 1.29 is 9.53 Å². The molecule has 6 heteroatoms. The van der Waals surface area contributed by atoms with E-state index in [1.54, 1.807) is 6.07 Å². The van der Waals surface area contributed by atoms with E-state index < -0.39 is 5.97 Å². The molecule has 20 heavy (non-hydrogen) atoms. The third kappa shape index (κ3) is 3.00. The van der Waals surface area contributed by atoms with Crippen LogP contribution in [0, 0.1) is 0 Å². The zero-order valence-corrected chi connectivity index (χ0v) is 11.6. The Kier molecular flexibility index (Phi) is 4.42. The lowest BCUT2D eigenvalue weighted by Gasteiger charge is -2.11. The zero-order chi connectivity index (χ0) is 14.5. The van der Waals surface area contributed by atoms with Crippen molar-refractivity contribution >= 4 is 29.1 Å². The van der Waals surface area contributed by atoms with Crippen molar-refractivity contribution in [2.45, 2.75) is 6.54 Å². The van der Waals surface area contributed by atoms with E-state index >= 15 is 0 Å². The minimum absolute atomic E-state index is 0.256. The number of nitrogen functional groups attached to an aromatic ring is 1. The van der Waals surface area contributed by atoms with Crippen LogP contribution in [0.25, 0.3) is 0 Å². The van der Waals surface area contributed by atoms with Gasteiger partial charge in [0.25, 0.3) is 0 Å². The van der Waals surface area contributed by atoms with E-state index in [-0.39, 0.29) is 11.3 Å². The predicted octanol–water partition coefficient (Wildman–Crippen LogP) is 2.72. The molecule has 0 bridgehead atoms. The first-order valence-corrected chi connectivity index (χ1v) is 6.31. The molecule has 2 aromatic rings. The number of ether oxygens (including phenoxy) is 1. The Bertz CT molecular complexity index is 632. The number of hydrogen-bond donors (Lipinski definition) is 2. The highest BCUT2D eigenvalue weighted by Crippen LogP contribution is 2.22. The quantitative estimate of drug-likeness (QED) is 0.847. The molecule has 2 rings (SSSR count). The van der Waals surface area contributed by atoms with Gasteiger partial charge in [0, 0.05) is 17.8 Å². The Hall–Kier alpha value is -2.27. The van der Waals surface area contributed by atoms with E-state index in [0.29, 0.717) is 17.4 Å². The number of halogens is 1. The maximum absolute atomic E-state index is 11.5. The summed E-state index contributed by atoms with van der Waals surface area (Å²) < 4.78 is 4.66. The molecule has 0 saturated carbocycles. The Balaban J connectivity index is 2.18. The number of aromatic nitrogens is 1. The summed E-state index contributed by atoms with van der Waals surface area (Å²) >= 11 is 6.07. The molecule has 104 valence electrons. The largest absolute Gasteiger partial charge is 0.465 e. The summed E-state index contributed by atoms with van der Waals surface area (Å²) in [5.41, 5.74) is 7.36. The molecule has 0 saturated heterocycles. The minimum Gasteiger partial charge on any atom is -0.465 e. The fraction of sp³-hybridized carbons (Fsp3) is 0.143. The summed E-state index contributed by atoms with van der Waals surface area (Å²) in [7, 11) is 1.30. The van der Waals surface area contributed by atoms with Gasteiger partial charge in [0.1, 0.15) is 5.82 Å². The fourth-order valence-corrected chi connectivity index (χ4v) is 1.93. The van der Waals surface area contributed by atoms with E-state index in [1.165, 1.54) is 19.4 Å². The summed E-state index contributed by atoms with van der Waals surface area (Å²) in [6.07, 6.45) is 1.50. The van der Waals surface area contributed by atoms with Gasteiger partial charge in [-0.1, -0.05) is 29.8 Å². The van der Waals surface area contributed by atoms with Gasteiger partial charge in [-0.3, -0.25) is 0 Å². The summed E-state index contributed by atoms with van der Waals surface area (Å²) in [6.45, 7) is 0.460. The van der Waals surface area contributed by atoms with Gasteiger partial charge in [0.05, 0.1) is 18.4 Å². The van der Waals surface area contributed by atoms with Gasteiger partial charge in [-0.05, 0) is 17.7 Å². The van der Waals surface area contributed by atoms with Gasteiger partial charge in [-0.15, -0.1) is 0 Å². The molecule has 0 radical (unpaired) electrons. The van der Waals surface area contributed by atoms with Gasteiger partial charge in [-0.2, -0.15) is 0 Å². The Morgan fingerprint density at radius 2 is 2.15 bits per heavy atom. The van der Waals surface area contributed by atoms with Gasteiger partial charge in [-0.25, -0.2) is 9.78 Å². The van der Waals surface area contributed by atoms with E-state index in [9.17, 15) is 4.79 Å². The standard InChI is InChI=1S/C14H14ClN3O2/c1-20-14(19)10-6-7-17-13(12(10)16)18-8-9-4-2-3-5-11(9)15/h2-7H,8,16H2,1H3,(H,17,18). The number of anilines is 2. The topological polar surface area (TPSA) is 77.2 Å². The first-order valence-electron chi connectivity index (χ1n) is 5.93. The maximum atomic E-state index is 11.5. The molecule has 0 spiro atoms. The van der Waals surface area contributed by atoms with Crippen molar-refractivity contribution in [1.29, 1.82) is 0 Å². The summed E-state index contributed by atoms with van der Waals surface area (Å²) in [5, 5.41) is 3.72. The summed E-state index contributed by atoms with van der Waals surface area (Å²) in [6, 6.07) is 8.97. The van der Waals surface area contributed by atoms with Gasteiger partial charge < -0.3 is 15.8 Å². The molecule has 5 nitrogen and oxygen atoms in total. The first kappa shape index (κ1) is 14.1. The molecule has 1 heterocycles. The lowest BCUT2D eigenvalue weighted by molar-refractivity contribution is 0.0602. The molecule has 1 aromatic heterocycles. The minimum atomic E-state index is -0.495. The van der Waals surface area contributed by atoms with Crippen molar-refractivity contribution in [1.82, 2.24) is 4.98 Å². The van der Waals surface area contributed by atoms with Crippen molar-refractivity contribution in [3.63, 3.8) is 0 Å². The highest BCUT2D eigenvalue weighted by molar-refractivity contribution is 6.31. The SMILES string of the molecule is COC(=O)c1ccnc(NCc2ccccc2Cl)c1N. The number of carbonyl (C=O) groups is 1.